The predicted molar refractivity (Wildman–Crippen MR) is 160 cm³/mol. The summed E-state index contributed by atoms with van der Waals surface area (Å²) >= 11 is 0. The second kappa shape index (κ2) is 9.11. The van der Waals surface area contributed by atoms with Gasteiger partial charge in [0.05, 0.1) is 11.4 Å². The average Bonchev–Trinajstić information content (AvgIpc) is 3.54. The lowest BCUT2D eigenvalue weighted by Crippen LogP contribution is -2.00. The third kappa shape index (κ3) is 3.93. The van der Waals surface area contributed by atoms with E-state index in [0.29, 0.717) is 0 Å². The van der Waals surface area contributed by atoms with Crippen molar-refractivity contribution in [3.05, 3.63) is 150 Å². The van der Waals surface area contributed by atoms with Crippen LogP contribution in [-0.4, -0.2) is 10.4 Å². The zero-order chi connectivity index (χ0) is 26.5. The van der Waals surface area contributed by atoms with E-state index in [-0.39, 0.29) is 5.78 Å². The first-order chi connectivity index (χ1) is 19.1. The van der Waals surface area contributed by atoms with E-state index in [1.54, 1.807) is 0 Å². The van der Waals surface area contributed by atoms with Crippen molar-refractivity contribution in [2.24, 2.45) is 0 Å². The first-order valence-electron chi connectivity index (χ1n) is 13.3. The van der Waals surface area contributed by atoms with Crippen LogP contribution < -0.4 is 0 Å². The molecule has 0 atom stereocenters. The summed E-state index contributed by atoms with van der Waals surface area (Å²) in [6.07, 6.45) is 0. The van der Waals surface area contributed by atoms with Gasteiger partial charge in [0.15, 0.2) is 5.78 Å². The molecule has 5 aromatic carbocycles. The highest BCUT2D eigenvalue weighted by Gasteiger charge is 2.26. The van der Waals surface area contributed by atoms with Gasteiger partial charge in [-0.15, -0.1) is 0 Å². The number of benzene rings is 5. The van der Waals surface area contributed by atoms with Gasteiger partial charge in [-0.05, 0) is 77.6 Å². The van der Waals surface area contributed by atoms with Crippen LogP contribution in [0.4, 0.5) is 0 Å². The summed E-state index contributed by atoms with van der Waals surface area (Å²) in [4.78, 5) is 13.1. The smallest absolute Gasteiger partial charge is 0.194 e. The molecule has 2 heteroatoms. The van der Waals surface area contributed by atoms with Crippen LogP contribution in [0.25, 0.3) is 50.5 Å². The highest BCUT2D eigenvalue weighted by Crippen LogP contribution is 2.39. The first-order valence-corrected chi connectivity index (χ1v) is 13.3. The molecule has 1 aliphatic carbocycles. The van der Waals surface area contributed by atoms with Gasteiger partial charge in [-0.25, -0.2) is 0 Å². The molecule has 0 saturated carbocycles. The van der Waals surface area contributed by atoms with Crippen LogP contribution in [0.5, 0.6) is 0 Å². The van der Waals surface area contributed by atoms with Crippen molar-refractivity contribution >= 4 is 5.78 Å². The van der Waals surface area contributed by atoms with Crippen LogP contribution in [0.1, 0.15) is 27.0 Å². The Labute approximate surface area is 228 Å². The molecule has 6 aromatic rings. The quantitative estimate of drug-likeness (QED) is 0.235. The van der Waals surface area contributed by atoms with E-state index >= 15 is 0 Å². The number of nitrogens with zero attached hydrogens (tertiary/aromatic N) is 1. The third-order valence-corrected chi connectivity index (χ3v) is 7.76. The molecule has 0 spiro atoms. The molecular formula is C37H27NO. The van der Waals surface area contributed by atoms with E-state index in [2.05, 4.69) is 115 Å². The molecule has 7 rings (SSSR count). The van der Waals surface area contributed by atoms with Gasteiger partial charge < -0.3 is 4.57 Å². The molecule has 0 radical (unpaired) electrons. The Hall–Kier alpha value is -4.95. The second-order valence-electron chi connectivity index (χ2n) is 10.4. The van der Waals surface area contributed by atoms with E-state index in [9.17, 15) is 4.79 Å². The first kappa shape index (κ1) is 23.2. The van der Waals surface area contributed by atoms with E-state index in [0.717, 1.165) is 50.5 Å². The predicted octanol–water partition coefficient (Wildman–Crippen LogP) is 9.31. The fourth-order valence-corrected chi connectivity index (χ4v) is 5.62. The number of aromatic nitrogens is 1. The number of carbonyl (C=O) groups is 1. The van der Waals surface area contributed by atoms with Crippen molar-refractivity contribution in [3.8, 4) is 50.5 Å². The number of aryl methyl sites for hydroxylation is 2. The molecule has 39 heavy (non-hydrogen) atoms. The number of hydrogen-bond donors (Lipinski definition) is 0. The van der Waals surface area contributed by atoms with Crippen LogP contribution in [0.2, 0.25) is 0 Å². The zero-order valence-corrected chi connectivity index (χ0v) is 22.0. The summed E-state index contributed by atoms with van der Waals surface area (Å²) < 4.78 is 2.34. The van der Waals surface area contributed by atoms with Crippen LogP contribution >= 0.6 is 0 Å². The van der Waals surface area contributed by atoms with Crippen molar-refractivity contribution in [2.75, 3.05) is 0 Å². The van der Waals surface area contributed by atoms with Gasteiger partial charge in [-0.2, -0.15) is 0 Å². The van der Waals surface area contributed by atoms with Gasteiger partial charge in [0, 0.05) is 16.8 Å². The lowest BCUT2D eigenvalue weighted by atomic mass is 9.98. The van der Waals surface area contributed by atoms with Gasteiger partial charge in [0.1, 0.15) is 0 Å². The highest BCUT2D eigenvalue weighted by atomic mass is 16.1. The molecule has 2 nitrogen and oxygen atoms in total. The van der Waals surface area contributed by atoms with Crippen LogP contribution in [0.3, 0.4) is 0 Å². The van der Waals surface area contributed by atoms with Crippen LogP contribution in [-0.2, 0) is 0 Å². The van der Waals surface area contributed by atoms with Gasteiger partial charge >= 0.3 is 0 Å². The number of carbonyl (C=O) groups excluding carboxylic acids is 1. The van der Waals surface area contributed by atoms with Crippen molar-refractivity contribution in [3.63, 3.8) is 0 Å². The summed E-state index contributed by atoms with van der Waals surface area (Å²) in [5.74, 6) is 0.108. The number of rotatable bonds is 4. The minimum Gasteiger partial charge on any atom is -0.309 e. The van der Waals surface area contributed by atoms with E-state index in [1.807, 2.05) is 30.3 Å². The molecule has 0 fully saturated rings. The number of ketones is 1. The monoisotopic (exact) mass is 501 g/mol. The summed E-state index contributed by atoms with van der Waals surface area (Å²) in [7, 11) is 0. The Morgan fingerprint density at radius 1 is 0.436 bits per heavy atom. The van der Waals surface area contributed by atoms with E-state index < -0.39 is 0 Å². The topological polar surface area (TPSA) is 22.0 Å². The Morgan fingerprint density at radius 3 is 1.51 bits per heavy atom. The number of hydrogen-bond acceptors (Lipinski definition) is 1. The van der Waals surface area contributed by atoms with Gasteiger partial charge in [-0.3, -0.25) is 4.79 Å². The summed E-state index contributed by atoms with van der Waals surface area (Å²) in [5.41, 5.74) is 14.0. The number of fused-ring (bicyclic) bond motifs is 3. The lowest BCUT2D eigenvalue weighted by molar-refractivity contribution is 0.104. The van der Waals surface area contributed by atoms with Crippen molar-refractivity contribution < 1.29 is 4.79 Å². The van der Waals surface area contributed by atoms with Crippen molar-refractivity contribution in [2.45, 2.75) is 13.8 Å². The Balaban J connectivity index is 1.30. The normalized spacial score (nSPS) is 11.9. The van der Waals surface area contributed by atoms with Crippen molar-refractivity contribution in [1.82, 2.24) is 4.57 Å². The molecule has 186 valence electrons. The molecule has 0 saturated heterocycles. The average molecular weight is 502 g/mol. The summed E-state index contributed by atoms with van der Waals surface area (Å²) in [5, 5.41) is 0. The molecule has 0 bridgehead atoms. The minimum absolute atomic E-state index is 0.108. The molecule has 1 heterocycles. The van der Waals surface area contributed by atoms with Crippen LogP contribution in [0, 0.1) is 13.8 Å². The molecular weight excluding hydrogens is 474 g/mol. The standard InChI is InChI=1S/C37H27NO/c1-24-7-11-27(12-8-24)35-21-22-36(28-13-9-25(2)10-14-28)38(35)30-18-15-26(16-19-30)29-17-20-32-31-5-3-4-6-33(31)37(39)34(32)23-29/h3-23H,1-2H3. The fourth-order valence-electron chi connectivity index (χ4n) is 5.62. The Morgan fingerprint density at radius 2 is 0.923 bits per heavy atom. The highest BCUT2D eigenvalue weighted by molar-refractivity contribution is 6.22. The maximum Gasteiger partial charge on any atom is 0.194 e. The maximum atomic E-state index is 13.1. The van der Waals surface area contributed by atoms with Gasteiger partial charge in [-0.1, -0.05) is 108 Å². The summed E-state index contributed by atoms with van der Waals surface area (Å²) in [6, 6.07) is 44.6. The maximum absolute atomic E-state index is 13.1. The fraction of sp³-hybridized carbons (Fsp3) is 0.0541. The minimum atomic E-state index is 0.108. The molecule has 0 amide bonds. The molecule has 0 aliphatic heterocycles. The largest absolute Gasteiger partial charge is 0.309 e. The Kier molecular flexibility index (Phi) is 5.42. The van der Waals surface area contributed by atoms with Crippen LogP contribution in [0.15, 0.2) is 127 Å². The second-order valence-corrected chi connectivity index (χ2v) is 10.4. The van der Waals surface area contributed by atoms with Gasteiger partial charge in [0.25, 0.3) is 0 Å². The Bertz CT molecular complexity index is 1790. The molecule has 1 aromatic heterocycles. The van der Waals surface area contributed by atoms with Crippen molar-refractivity contribution in [1.29, 1.82) is 0 Å². The zero-order valence-electron chi connectivity index (χ0n) is 22.0. The SMILES string of the molecule is Cc1ccc(-c2ccc(-c3ccc(C)cc3)n2-c2ccc(-c3ccc4c(c3)C(=O)c3ccccc3-4)cc2)cc1. The van der Waals surface area contributed by atoms with E-state index in [1.165, 1.54) is 22.3 Å². The lowest BCUT2D eigenvalue weighted by Gasteiger charge is -2.16. The molecule has 0 unspecified atom stereocenters. The third-order valence-electron chi connectivity index (χ3n) is 7.76. The van der Waals surface area contributed by atoms with Gasteiger partial charge in [0.2, 0.25) is 0 Å². The van der Waals surface area contributed by atoms with E-state index in [4.69, 9.17) is 0 Å². The summed E-state index contributed by atoms with van der Waals surface area (Å²) in [6.45, 7) is 4.23. The molecule has 1 aliphatic rings. The molecule has 0 N–H and O–H groups in total.